The lowest BCUT2D eigenvalue weighted by atomic mass is 9.92. The molecule has 1 aromatic carbocycles. The molecule has 1 aliphatic carbocycles. The highest BCUT2D eigenvalue weighted by atomic mass is 35.5. The topological polar surface area (TPSA) is 85.2 Å². The van der Waals surface area contributed by atoms with Gasteiger partial charge in [-0.2, -0.15) is 5.26 Å². The van der Waals surface area contributed by atoms with Gasteiger partial charge in [-0.25, -0.2) is 0 Å². The van der Waals surface area contributed by atoms with E-state index in [0.717, 1.165) is 58.0 Å². The second kappa shape index (κ2) is 9.98. The van der Waals surface area contributed by atoms with Crippen LogP contribution in [0, 0.1) is 11.3 Å². The summed E-state index contributed by atoms with van der Waals surface area (Å²) in [4.78, 5) is 27.4. The summed E-state index contributed by atoms with van der Waals surface area (Å²) in [6.07, 6.45) is 8.65. The van der Waals surface area contributed by atoms with Gasteiger partial charge in [0.15, 0.2) is 0 Å². The second-order valence-corrected chi connectivity index (χ2v) is 8.49. The molecule has 29 heavy (non-hydrogen) atoms. The van der Waals surface area contributed by atoms with Gasteiger partial charge in [0.05, 0.1) is 18.2 Å². The van der Waals surface area contributed by atoms with Gasteiger partial charge in [0.2, 0.25) is 5.91 Å². The maximum atomic E-state index is 12.9. The molecular weight excluding hydrogens is 388 g/mol. The summed E-state index contributed by atoms with van der Waals surface area (Å²) in [7, 11) is 0. The van der Waals surface area contributed by atoms with Crippen LogP contribution in [0.3, 0.4) is 0 Å². The van der Waals surface area contributed by atoms with E-state index in [2.05, 4.69) is 16.7 Å². The van der Waals surface area contributed by atoms with E-state index in [4.69, 9.17) is 11.6 Å². The van der Waals surface area contributed by atoms with Gasteiger partial charge in [0, 0.05) is 23.8 Å². The SMILES string of the molecule is N#CC1(NC(=O)CNc2cc(Cl)ccc2C(=O)N2CCCCC2)CCCCCC1. The number of benzene rings is 1. The van der Waals surface area contributed by atoms with Gasteiger partial charge in [0.25, 0.3) is 5.91 Å². The molecule has 0 aromatic heterocycles. The van der Waals surface area contributed by atoms with Crippen LogP contribution in [-0.4, -0.2) is 41.9 Å². The summed E-state index contributed by atoms with van der Waals surface area (Å²) in [5, 5.41) is 16.1. The zero-order valence-electron chi connectivity index (χ0n) is 16.8. The van der Waals surface area contributed by atoms with Crippen molar-refractivity contribution >= 4 is 29.1 Å². The fraction of sp³-hybridized carbons (Fsp3) is 0.591. The van der Waals surface area contributed by atoms with Crippen LogP contribution in [0.25, 0.3) is 0 Å². The molecule has 0 unspecified atom stereocenters. The van der Waals surface area contributed by atoms with Gasteiger partial charge >= 0.3 is 0 Å². The van der Waals surface area contributed by atoms with Crippen LogP contribution in [0.15, 0.2) is 18.2 Å². The van der Waals surface area contributed by atoms with E-state index in [1.807, 2.05) is 4.90 Å². The van der Waals surface area contributed by atoms with E-state index in [9.17, 15) is 14.9 Å². The van der Waals surface area contributed by atoms with E-state index in [1.165, 1.54) is 0 Å². The zero-order valence-corrected chi connectivity index (χ0v) is 17.6. The lowest BCUT2D eigenvalue weighted by Crippen LogP contribution is -2.49. The van der Waals surface area contributed by atoms with E-state index < -0.39 is 5.54 Å². The summed E-state index contributed by atoms with van der Waals surface area (Å²) in [5.74, 6) is -0.286. The van der Waals surface area contributed by atoms with Crippen molar-refractivity contribution < 1.29 is 9.59 Å². The van der Waals surface area contributed by atoms with Crippen LogP contribution in [0.4, 0.5) is 5.69 Å². The average molecular weight is 417 g/mol. The molecule has 0 radical (unpaired) electrons. The molecule has 2 aliphatic rings. The predicted molar refractivity (Wildman–Crippen MR) is 114 cm³/mol. The van der Waals surface area contributed by atoms with E-state index in [-0.39, 0.29) is 18.4 Å². The van der Waals surface area contributed by atoms with Crippen LogP contribution in [0.1, 0.15) is 68.1 Å². The first-order valence-corrected chi connectivity index (χ1v) is 11.0. The van der Waals surface area contributed by atoms with Crippen LogP contribution in [-0.2, 0) is 4.79 Å². The molecule has 156 valence electrons. The van der Waals surface area contributed by atoms with Crippen LogP contribution >= 0.6 is 11.6 Å². The molecule has 1 aromatic rings. The Bertz CT molecular complexity index is 776. The predicted octanol–water partition coefficient (Wildman–Crippen LogP) is 4.11. The number of hydrogen-bond donors (Lipinski definition) is 2. The molecule has 2 fully saturated rings. The van der Waals surface area contributed by atoms with E-state index >= 15 is 0 Å². The Labute approximate surface area is 177 Å². The van der Waals surface area contributed by atoms with Crippen molar-refractivity contribution in [3.05, 3.63) is 28.8 Å². The number of likely N-dealkylation sites (tertiary alicyclic amines) is 1. The van der Waals surface area contributed by atoms with Gasteiger partial charge in [-0.3, -0.25) is 9.59 Å². The molecule has 2 N–H and O–H groups in total. The standard InChI is InChI=1S/C22H29ClN4O2/c23-17-8-9-18(21(29)27-12-6-3-7-13-27)19(14-17)25-15-20(28)26-22(16-24)10-4-1-2-5-11-22/h8-9,14,25H,1-7,10-13,15H2,(H,26,28). The summed E-state index contributed by atoms with van der Waals surface area (Å²) in [5.41, 5.74) is 0.291. The minimum atomic E-state index is -0.782. The summed E-state index contributed by atoms with van der Waals surface area (Å²) >= 11 is 6.13. The van der Waals surface area contributed by atoms with Gasteiger partial charge in [-0.15, -0.1) is 0 Å². The first kappa shape index (κ1) is 21.4. The second-order valence-electron chi connectivity index (χ2n) is 8.05. The van der Waals surface area contributed by atoms with Crippen LogP contribution < -0.4 is 10.6 Å². The number of halogens is 1. The molecule has 0 bridgehead atoms. The molecule has 6 nitrogen and oxygen atoms in total. The fourth-order valence-corrected chi connectivity index (χ4v) is 4.37. The first-order valence-electron chi connectivity index (χ1n) is 10.6. The number of carbonyl (C=O) groups is 2. The minimum Gasteiger partial charge on any atom is -0.375 e. The number of hydrogen-bond acceptors (Lipinski definition) is 4. The van der Waals surface area contributed by atoms with Gasteiger partial charge in [-0.1, -0.05) is 37.3 Å². The Kier molecular flexibility index (Phi) is 7.38. The Morgan fingerprint density at radius 3 is 2.38 bits per heavy atom. The summed E-state index contributed by atoms with van der Waals surface area (Å²) in [6.45, 7) is 1.50. The highest BCUT2D eigenvalue weighted by molar-refractivity contribution is 6.31. The maximum Gasteiger partial charge on any atom is 0.255 e. The van der Waals surface area contributed by atoms with Crippen molar-refractivity contribution in [2.45, 2.75) is 63.3 Å². The Balaban J connectivity index is 1.66. The molecule has 1 aliphatic heterocycles. The molecule has 1 saturated carbocycles. The number of nitriles is 1. The maximum absolute atomic E-state index is 12.9. The van der Waals surface area contributed by atoms with Crippen molar-refractivity contribution in [3.63, 3.8) is 0 Å². The van der Waals surface area contributed by atoms with Crippen molar-refractivity contribution in [1.82, 2.24) is 10.2 Å². The molecular formula is C22H29ClN4O2. The lowest BCUT2D eigenvalue weighted by molar-refractivity contribution is -0.120. The van der Waals surface area contributed by atoms with Crippen molar-refractivity contribution in [1.29, 1.82) is 5.26 Å². The number of anilines is 1. The molecule has 1 saturated heterocycles. The molecule has 2 amide bonds. The third-order valence-corrected chi connectivity index (χ3v) is 6.08. The van der Waals surface area contributed by atoms with E-state index in [0.29, 0.717) is 29.1 Å². The van der Waals surface area contributed by atoms with Crippen molar-refractivity contribution in [3.8, 4) is 6.07 Å². The smallest absolute Gasteiger partial charge is 0.255 e. The third kappa shape index (κ3) is 5.63. The van der Waals surface area contributed by atoms with Crippen LogP contribution in [0.2, 0.25) is 5.02 Å². The van der Waals surface area contributed by atoms with Gasteiger partial charge < -0.3 is 15.5 Å². The number of nitrogens with zero attached hydrogens (tertiary/aromatic N) is 2. The normalized spacial score (nSPS) is 19.0. The molecule has 3 rings (SSSR count). The Morgan fingerprint density at radius 2 is 1.72 bits per heavy atom. The van der Waals surface area contributed by atoms with Gasteiger partial charge in [0.1, 0.15) is 5.54 Å². The molecule has 1 heterocycles. The van der Waals surface area contributed by atoms with Crippen molar-refractivity contribution in [2.24, 2.45) is 0 Å². The Morgan fingerprint density at radius 1 is 1.07 bits per heavy atom. The number of nitrogens with one attached hydrogen (secondary N) is 2. The molecule has 7 heteroatoms. The summed E-state index contributed by atoms with van der Waals surface area (Å²) < 4.78 is 0. The zero-order chi connectivity index (χ0) is 20.7. The highest BCUT2D eigenvalue weighted by Crippen LogP contribution is 2.27. The number of piperidine rings is 1. The number of amides is 2. The Hall–Kier alpha value is -2.26. The van der Waals surface area contributed by atoms with Crippen LogP contribution in [0.5, 0.6) is 0 Å². The largest absolute Gasteiger partial charge is 0.375 e. The van der Waals surface area contributed by atoms with Gasteiger partial charge in [-0.05, 0) is 50.3 Å². The minimum absolute atomic E-state index is 0.00987. The monoisotopic (exact) mass is 416 g/mol. The first-order chi connectivity index (χ1) is 14.0. The van der Waals surface area contributed by atoms with E-state index in [1.54, 1.807) is 18.2 Å². The van der Waals surface area contributed by atoms with Crippen molar-refractivity contribution in [2.75, 3.05) is 25.0 Å². The average Bonchev–Trinajstić information content (AvgIpc) is 2.98. The highest BCUT2D eigenvalue weighted by Gasteiger charge is 2.32. The third-order valence-electron chi connectivity index (χ3n) is 5.84. The molecule has 0 spiro atoms. The number of rotatable bonds is 5. The quantitative estimate of drug-likeness (QED) is 0.707. The molecule has 0 atom stereocenters. The lowest BCUT2D eigenvalue weighted by Gasteiger charge is -2.28. The number of carbonyl (C=O) groups excluding carboxylic acids is 2. The summed E-state index contributed by atoms with van der Waals surface area (Å²) in [6, 6.07) is 7.41. The fourth-order valence-electron chi connectivity index (χ4n) is 4.20.